The SMILES string of the molecule is O=C(Nc1ccc(Cl)cc1)c1ccc(NC(=O)[C@@H]2[C@@H]3C[C@@H]4[C@H]2C(=O)O[C@@H]4C3)cc1. The molecule has 7 heteroatoms. The van der Waals surface area contributed by atoms with E-state index in [2.05, 4.69) is 10.6 Å². The van der Waals surface area contributed by atoms with Crippen LogP contribution in [0.5, 0.6) is 0 Å². The van der Waals surface area contributed by atoms with E-state index >= 15 is 0 Å². The number of benzene rings is 2. The van der Waals surface area contributed by atoms with E-state index in [0.29, 0.717) is 22.0 Å². The van der Waals surface area contributed by atoms with Crippen LogP contribution in [0.4, 0.5) is 11.4 Å². The van der Waals surface area contributed by atoms with Gasteiger partial charge >= 0.3 is 5.97 Å². The normalized spacial score (nSPS) is 28.9. The molecule has 0 radical (unpaired) electrons. The maximum absolute atomic E-state index is 12.8. The average molecular weight is 411 g/mol. The van der Waals surface area contributed by atoms with E-state index in [1.165, 1.54) is 0 Å². The molecule has 2 bridgehead atoms. The Morgan fingerprint density at radius 3 is 2.31 bits per heavy atom. The highest BCUT2D eigenvalue weighted by atomic mass is 35.5. The number of hydrogen-bond donors (Lipinski definition) is 2. The summed E-state index contributed by atoms with van der Waals surface area (Å²) in [5.74, 6) is -0.832. The van der Waals surface area contributed by atoms with Gasteiger partial charge in [0.2, 0.25) is 5.91 Å². The predicted octanol–water partition coefficient (Wildman–Crippen LogP) is 3.73. The van der Waals surface area contributed by atoms with Gasteiger partial charge in [0.1, 0.15) is 6.10 Å². The molecule has 6 nitrogen and oxygen atoms in total. The molecule has 2 aliphatic carbocycles. The van der Waals surface area contributed by atoms with Crippen molar-refractivity contribution in [1.82, 2.24) is 0 Å². The smallest absolute Gasteiger partial charge is 0.310 e. The minimum Gasteiger partial charge on any atom is -0.462 e. The summed E-state index contributed by atoms with van der Waals surface area (Å²) >= 11 is 5.85. The fourth-order valence-corrected chi connectivity index (χ4v) is 5.16. The van der Waals surface area contributed by atoms with Crippen LogP contribution in [0.15, 0.2) is 48.5 Å². The monoisotopic (exact) mass is 410 g/mol. The molecule has 0 unspecified atom stereocenters. The zero-order valence-electron chi connectivity index (χ0n) is 15.4. The Kier molecular flexibility index (Phi) is 4.32. The summed E-state index contributed by atoms with van der Waals surface area (Å²) in [6, 6.07) is 13.5. The van der Waals surface area contributed by atoms with E-state index in [-0.39, 0.29) is 47.6 Å². The lowest BCUT2D eigenvalue weighted by Gasteiger charge is -2.23. The number of amides is 2. The first kappa shape index (κ1) is 18.2. The third-order valence-electron chi connectivity index (χ3n) is 6.30. The van der Waals surface area contributed by atoms with E-state index in [1.807, 2.05) is 0 Å². The van der Waals surface area contributed by atoms with Crippen molar-refractivity contribution in [2.45, 2.75) is 18.9 Å². The summed E-state index contributed by atoms with van der Waals surface area (Å²) in [4.78, 5) is 37.3. The topological polar surface area (TPSA) is 84.5 Å². The highest BCUT2D eigenvalue weighted by Crippen LogP contribution is 2.57. The summed E-state index contributed by atoms with van der Waals surface area (Å²) < 4.78 is 5.40. The summed E-state index contributed by atoms with van der Waals surface area (Å²) in [6.07, 6.45) is 1.69. The van der Waals surface area contributed by atoms with Crippen molar-refractivity contribution >= 4 is 40.8 Å². The van der Waals surface area contributed by atoms with E-state index in [0.717, 1.165) is 12.8 Å². The molecule has 3 aliphatic rings. The van der Waals surface area contributed by atoms with Crippen LogP contribution in [0.3, 0.4) is 0 Å². The Morgan fingerprint density at radius 2 is 1.59 bits per heavy atom. The number of carbonyl (C=O) groups excluding carboxylic acids is 3. The van der Waals surface area contributed by atoms with Crippen molar-refractivity contribution in [3.63, 3.8) is 0 Å². The van der Waals surface area contributed by atoms with Crippen LogP contribution in [-0.2, 0) is 14.3 Å². The van der Waals surface area contributed by atoms with Gasteiger partial charge in [-0.15, -0.1) is 0 Å². The van der Waals surface area contributed by atoms with Gasteiger partial charge in [-0.2, -0.15) is 0 Å². The fraction of sp³-hybridized carbons (Fsp3) is 0.318. The first-order valence-electron chi connectivity index (χ1n) is 9.68. The van der Waals surface area contributed by atoms with Crippen molar-refractivity contribution in [3.05, 3.63) is 59.1 Å². The fourth-order valence-electron chi connectivity index (χ4n) is 5.03. The number of rotatable bonds is 4. The largest absolute Gasteiger partial charge is 0.462 e. The molecule has 2 saturated carbocycles. The van der Waals surface area contributed by atoms with Crippen LogP contribution in [-0.4, -0.2) is 23.9 Å². The molecule has 2 aromatic carbocycles. The molecule has 1 aliphatic heterocycles. The Hall–Kier alpha value is -2.86. The van der Waals surface area contributed by atoms with Gasteiger partial charge in [0.15, 0.2) is 0 Å². The summed E-state index contributed by atoms with van der Waals surface area (Å²) in [5.41, 5.74) is 1.72. The number of halogens is 1. The third kappa shape index (κ3) is 3.17. The second-order valence-electron chi connectivity index (χ2n) is 7.95. The number of nitrogens with one attached hydrogen (secondary N) is 2. The minimum absolute atomic E-state index is 0.0139. The quantitative estimate of drug-likeness (QED) is 0.752. The van der Waals surface area contributed by atoms with Crippen LogP contribution >= 0.6 is 11.6 Å². The third-order valence-corrected chi connectivity index (χ3v) is 6.55. The Morgan fingerprint density at radius 1 is 0.931 bits per heavy atom. The van der Waals surface area contributed by atoms with Gasteiger partial charge in [-0.3, -0.25) is 14.4 Å². The second kappa shape index (κ2) is 6.88. The summed E-state index contributed by atoms with van der Waals surface area (Å²) in [5, 5.41) is 6.29. The molecule has 0 spiro atoms. The number of hydrogen-bond acceptors (Lipinski definition) is 4. The Balaban J connectivity index is 1.24. The average Bonchev–Trinajstić information content (AvgIpc) is 3.33. The lowest BCUT2D eigenvalue weighted by Crippen LogP contribution is -2.35. The van der Waals surface area contributed by atoms with Crippen molar-refractivity contribution < 1.29 is 19.1 Å². The molecule has 29 heavy (non-hydrogen) atoms. The second-order valence-corrected chi connectivity index (χ2v) is 8.39. The highest BCUT2D eigenvalue weighted by Gasteiger charge is 2.63. The van der Waals surface area contributed by atoms with Crippen LogP contribution < -0.4 is 10.6 Å². The number of esters is 1. The number of ether oxygens (including phenoxy) is 1. The van der Waals surface area contributed by atoms with Crippen LogP contribution in [0.2, 0.25) is 5.02 Å². The minimum atomic E-state index is -0.320. The Labute approximate surface area is 172 Å². The first-order chi connectivity index (χ1) is 14.0. The molecular weight excluding hydrogens is 392 g/mol. The standard InChI is InChI=1S/C22H19ClN2O4/c23-13-3-7-15(8-4-13)24-20(26)11-1-5-14(6-2-11)25-21(27)18-12-9-16-17(10-12)29-22(28)19(16)18/h1-8,12,16-19H,9-10H2,(H,24,26)(H,25,27)/t12-,16+,17-,18-,19-/m1/s1. The van der Waals surface area contributed by atoms with Gasteiger partial charge in [0, 0.05) is 27.9 Å². The van der Waals surface area contributed by atoms with Gasteiger partial charge in [-0.1, -0.05) is 11.6 Å². The Bertz CT molecular complexity index is 987. The van der Waals surface area contributed by atoms with E-state index in [9.17, 15) is 14.4 Å². The van der Waals surface area contributed by atoms with Crippen molar-refractivity contribution in [2.75, 3.05) is 10.6 Å². The number of fused-ring (bicyclic) bond motifs is 1. The molecule has 5 atom stereocenters. The van der Waals surface area contributed by atoms with Crippen molar-refractivity contribution in [2.24, 2.45) is 23.7 Å². The number of anilines is 2. The van der Waals surface area contributed by atoms with Gasteiger partial charge in [0.25, 0.3) is 5.91 Å². The molecule has 2 amide bonds. The molecular formula is C22H19ClN2O4. The van der Waals surface area contributed by atoms with E-state index in [1.54, 1.807) is 48.5 Å². The van der Waals surface area contributed by atoms with Gasteiger partial charge < -0.3 is 15.4 Å². The zero-order chi connectivity index (χ0) is 20.1. The molecule has 1 saturated heterocycles. The first-order valence-corrected chi connectivity index (χ1v) is 10.1. The lowest BCUT2D eigenvalue weighted by molar-refractivity contribution is -0.145. The maximum atomic E-state index is 12.8. The summed E-state index contributed by atoms with van der Waals surface area (Å²) in [7, 11) is 0. The number of carbonyl (C=O) groups is 3. The lowest BCUT2D eigenvalue weighted by atomic mass is 9.79. The van der Waals surface area contributed by atoms with Gasteiger partial charge in [0.05, 0.1) is 11.8 Å². The molecule has 2 N–H and O–H groups in total. The van der Waals surface area contributed by atoms with Crippen molar-refractivity contribution in [3.8, 4) is 0 Å². The predicted molar refractivity (Wildman–Crippen MR) is 108 cm³/mol. The van der Waals surface area contributed by atoms with Crippen molar-refractivity contribution in [1.29, 1.82) is 0 Å². The van der Waals surface area contributed by atoms with Gasteiger partial charge in [-0.05, 0) is 67.3 Å². The van der Waals surface area contributed by atoms with Crippen LogP contribution in [0.1, 0.15) is 23.2 Å². The van der Waals surface area contributed by atoms with Crippen LogP contribution in [0.25, 0.3) is 0 Å². The zero-order valence-corrected chi connectivity index (χ0v) is 16.2. The highest BCUT2D eigenvalue weighted by molar-refractivity contribution is 6.30. The molecule has 0 aromatic heterocycles. The molecule has 148 valence electrons. The van der Waals surface area contributed by atoms with Crippen LogP contribution in [0, 0.1) is 23.7 Å². The molecule has 1 heterocycles. The van der Waals surface area contributed by atoms with E-state index < -0.39 is 0 Å². The molecule has 5 rings (SSSR count). The van der Waals surface area contributed by atoms with Gasteiger partial charge in [-0.25, -0.2) is 0 Å². The molecule has 2 aromatic rings. The molecule has 3 fully saturated rings. The van der Waals surface area contributed by atoms with E-state index in [4.69, 9.17) is 16.3 Å². The maximum Gasteiger partial charge on any atom is 0.310 e. The summed E-state index contributed by atoms with van der Waals surface area (Å²) in [6.45, 7) is 0.